The molecule has 2 aliphatic carbocycles. The van der Waals surface area contributed by atoms with E-state index in [-0.39, 0.29) is 5.41 Å². The zero-order valence-corrected chi connectivity index (χ0v) is 36.1. The van der Waals surface area contributed by atoms with Gasteiger partial charge in [0.1, 0.15) is 0 Å². The highest BCUT2D eigenvalue weighted by atomic mass is 15.1. The molecule has 0 radical (unpaired) electrons. The minimum atomic E-state index is -0.0939. The third-order valence-electron chi connectivity index (χ3n) is 14.4. The quantitative estimate of drug-likeness (QED) is 0.156. The van der Waals surface area contributed by atoms with Crippen molar-refractivity contribution in [2.45, 2.75) is 57.3 Å². The van der Waals surface area contributed by atoms with Crippen LogP contribution < -0.4 is 4.90 Å². The number of aromatic nitrogens is 1. The van der Waals surface area contributed by atoms with Gasteiger partial charge in [0.2, 0.25) is 0 Å². The van der Waals surface area contributed by atoms with Crippen molar-refractivity contribution in [2.24, 2.45) is 0 Å². The van der Waals surface area contributed by atoms with E-state index in [4.69, 9.17) is 0 Å². The van der Waals surface area contributed by atoms with Crippen molar-refractivity contribution in [1.82, 2.24) is 4.57 Å². The van der Waals surface area contributed by atoms with Gasteiger partial charge >= 0.3 is 0 Å². The van der Waals surface area contributed by atoms with Crippen molar-refractivity contribution < 1.29 is 0 Å². The van der Waals surface area contributed by atoms with E-state index in [1.807, 2.05) is 0 Å². The van der Waals surface area contributed by atoms with Crippen LogP contribution in [0.2, 0.25) is 0 Å². The fraction of sp³-hybridized carbons (Fsp3) is 0.148. The zero-order chi connectivity index (χ0) is 42.1. The number of nitrogens with zero attached hydrogens (tertiary/aromatic N) is 2. The van der Waals surface area contributed by atoms with E-state index in [0.717, 1.165) is 11.4 Å². The molecule has 0 atom stereocenters. The molecule has 2 aliphatic rings. The second-order valence-corrected chi connectivity index (χ2v) is 18.3. The first-order chi connectivity index (χ1) is 31.0. The van der Waals surface area contributed by atoms with Gasteiger partial charge in [-0.2, -0.15) is 0 Å². The number of benzene rings is 9. The van der Waals surface area contributed by atoms with Crippen LogP contribution in [0.4, 0.5) is 17.1 Å². The summed E-state index contributed by atoms with van der Waals surface area (Å²) in [6, 6.07) is 75.2. The third-order valence-corrected chi connectivity index (χ3v) is 14.4. The summed E-state index contributed by atoms with van der Waals surface area (Å²) >= 11 is 0. The van der Waals surface area contributed by atoms with Gasteiger partial charge in [-0.25, -0.2) is 0 Å². The Morgan fingerprint density at radius 3 is 2.00 bits per heavy atom. The van der Waals surface area contributed by atoms with Gasteiger partial charge < -0.3 is 9.47 Å². The minimum Gasteiger partial charge on any atom is -0.309 e. The van der Waals surface area contributed by atoms with Gasteiger partial charge in [-0.15, -0.1) is 0 Å². The maximum Gasteiger partial charge on any atom is 0.0618 e. The molecule has 0 spiro atoms. The highest BCUT2D eigenvalue weighted by Gasteiger charge is 2.36. The van der Waals surface area contributed by atoms with Crippen LogP contribution in [0, 0.1) is 0 Å². The second-order valence-electron chi connectivity index (χ2n) is 18.3. The van der Waals surface area contributed by atoms with Gasteiger partial charge in [-0.1, -0.05) is 185 Å². The molecule has 1 fully saturated rings. The molecule has 2 heteroatoms. The van der Waals surface area contributed by atoms with Crippen molar-refractivity contribution in [1.29, 1.82) is 0 Å². The summed E-state index contributed by atoms with van der Waals surface area (Å²) in [5.74, 6) is 0.582. The topological polar surface area (TPSA) is 8.17 Å². The van der Waals surface area contributed by atoms with Gasteiger partial charge in [0.25, 0.3) is 0 Å². The van der Waals surface area contributed by atoms with E-state index < -0.39 is 0 Å². The lowest BCUT2D eigenvalue weighted by atomic mass is 9.82. The highest BCUT2D eigenvalue weighted by molar-refractivity contribution is 6.12. The standard InChI is InChI=1S/C61H50N2/c1-61(2)55-28-16-14-26-50(55)54-40-47(33-36-56(54)61)63(58-37-32-44(41-18-6-3-7-19-41)38-53(58)42-20-8-4-9-21-42)60-48-25-13-12-22-43(48)30-34-49(60)45-31-35-52-51-27-15-17-29-57(51)62(59(52)39-45)46-23-10-5-11-24-46/h4-5,8-17,20-41H,3,6-7,18-19H2,1-2H3. The molecule has 0 aliphatic heterocycles. The summed E-state index contributed by atoms with van der Waals surface area (Å²) in [5.41, 5.74) is 18.7. The Hall–Kier alpha value is -7.16. The van der Waals surface area contributed by atoms with E-state index in [0.29, 0.717) is 5.92 Å². The van der Waals surface area contributed by atoms with E-state index in [1.165, 1.54) is 126 Å². The molecule has 12 rings (SSSR count). The number of anilines is 3. The predicted octanol–water partition coefficient (Wildman–Crippen LogP) is 17.1. The van der Waals surface area contributed by atoms with Crippen LogP contribution in [-0.4, -0.2) is 4.57 Å². The van der Waals surface area contributed by atoms with Gasteiger partial charge in [0.15, 0.2) is 0 Å². The predicted molar refractivity (Wildman–Crippen MR) is 267 cm³/mol. The molecule has 63 heavy (non-hydrogen) atoms. The summed E-state index contributed by atoms with van der Waals surface area (Å²) in [5, 5.41) is 4.95. The lowest BCUT2D eigenvalue weighted by Crippen LogP contribution is -2.16. The molecule has 9 aromatic carbocycles. The molecular weight excluding hydrogens is 761 g/mol. The van der Waals surface area contributed by atoms with Crippen molar-refractivity contribution in [3.05, 3.63) is 217 Å². The van der Waals surface area contributed by atoms with E-state index in [2.05, 4.69) is 224 Å². The zero-order valence-electron chi connectivity index (χ0n) is 36.1. The van der Waals surface area contributed by atoms with Crippen LogP contribution in [0.3, 0.4) is 0 Å². The SMILES string of the molecule is CC1(C)c2ccccc2-c2cc(N(c3ccc(C4CCCCC4)cc3-c3ccccc3)c3c(-c4ccc5c6ccccc6n(-c6ccccc6)c5c4)ccc4ccccc34)ccc21. The lowest BCUT2D eigenvalue weighted by Gasteiger charge is -2.33. The van der Waals surface area contributed by atoms with Crippen LogP contribution >= 0.6 is 0 Å². The Bertz CT molecular complexity index is 3350. The molecule has 304 valence electrons. The Labute approximate surface area is 370 Å². The van der Waals surface area contributed by atoms with Gasteiger partial charge in [0.05, 0.1) is 22.4 Å². The summed E-state index contributed by atoms with van der Waals surface area (Å²) in [7, 11) is 0. The number of hydrogen-bond donors (Lipinski definition) is 0. The molecule has 0 unspecified atom stereocenters. The smallest absolute Gasteiger partial charge is 0.0618 e. The molecule has 0 amide bonds. The normalized spacial score (nSPS) is 14.6. The summed E-state index contributed by atoms with van der Waals surface area (Å²) in [4.78, 5) is 2.61. The largest absolute Gasteiger partial charge is 0.309 e. The molecule has 0 saturated heterocycles. The Balaban J connectivity index is 1.17. The first-order valence-corrected chi connectivity index (χ1v) is 22.9. The van der Waals surface area contributed by atoms with Crippen LogP contribution in [0.5, 0.6) is 0 Å². The summed E-state index contributed by atoms with van der Waals surface area (Å²) < 4.78 is 2.43. The van der Waals surface area contributed by atoms with Crippen LogP contribution in [-0.2, 0) is 5.41 Å². The Morgan fingerprint density at radius 2 is 1.16 bits per heavy atom. The first kappa shape index (κ1) is 37.6. The molecule has 1 aromatic heterocycles. The van der Waals surface area contributed by atoms with Gasteiger partial charge in [-0.05, 0) is 112 Å². The number of rotatable bonds is 7. The van der Waals surface area contributed by atoms with Crippen molar-refractivity contribution in [3.8, 4) is 39.1 Å². The van der Waals surface area contributed by atoms with Crippen LogP contribution in [0.1, 0.15) is 68.6 Å². The Kier molecular flexibility index (Phi) is 8.97. The fourth-order valence-electron chi connectivity index (χ4n) is 11.2. The van der Waals surface area contributed by atoms with Crippen molar-refractivity contribution in [3.63, 3.8) is 0 Å². The lowest BCUT2D eigenvalue weighted by molar-refractivity contribution is 0.444. The summed E-state index contributed by atoms with van der Waals surface area (Å²) in [6.45, 7) is 4.75. The van der Waals surface area contributed by atoms with E-state index in [1.54, 1.807) is 0 Å². The van der Waals surface area contributed by atoms with Crippen LogP contribution in [0.15, 0.2) is 200 Å². The monoisotopic (exact) mass is 810 g/mol. The summed E-state index contributed by atoms with van der Waals surface area (Å²) in [6.07, 6.45) is 6.46. The van der Waals surface area contributed by atoms with Crippen molar-refractivity contribution in [2.75, 3.05) is 4.90 Å². The van der Waals surface area contributed by atoms with Gasteiger partial charge in [-0.3, -0.25) is 0 Å². The molecule has 10 aromatic rings. The minimum absolute atomic E-state index is 0.0939. The van der Waals surface area contributed by atoms with Crippen molar-refractivity contribution >= 4 is 49.6 Å². The molecule has 1 heterocycles. The maximum absolute atomic E-state index is 2.61. The Morgan fingerprint density at radius 1 is 0.460 bits per heavy atom. The number of para-hydroxylation sites is 2. The second kappa shape index (κ2) is 15.0. The first-order valence-electron chi connectivity index (χ1n) is 22.9. The molecule has 0 bridgehead atoms. The average Bonchev–Trinajstić information content (AvgIpc) is 3.80. The van der Waals surface area contributed by atoms with E-state index in [9.17, 15) is 0 Å². The highest BCUT2D eigenvalue weighted by Crippen LogP contribution is 2.54. The fourth-order valence-corrected chi connectivity index (χ4v) is 11.2. The molecule has 0 N–H and O–H groups in total. The number of hydrogen-bond acceptors (Lipinski definition) is 1. The number of fused-ring (bicyclic) bond motifs is 7. The molecule has 2 nitrogen and oxygen atoms in total. The maximum atomic E-state index is 2.61. The molecule has 1 saturated carbocycles. The van der Waals surface area contributed by atoms with Crippen LogP contribution in [0.25, 0.3) is 71.6 Å². The van der Waals surface area contributed by atoms with Gasteiger partial charge in [0, 0.05) is 44.1 Å². The molecular formula is C61H50N2. The average molecular weight is 811 g/mol. The third kappa shape index (κ3) is 6.15. The van der Waals surface area contributed by atoms with E-state index >= 15 is 0 Å².